The van der Waals surface area contributed by atoms with Gasteiger partial charge in [0.25, 0.3) is 0 Å². The maximum atomic E-state index is 12.1. The Morgan fingerprint density at radius 3 is 1.88 bits per heavy atom. The first kappa shape index (κ1) is 25.3. The van der Waals surface area contributed by atoms with Crippen molar-refractivity contribution >= 4 is 32.6 Å². The molecule has 0 radical (unpaired) electrons. The average molecular weight is 497 g/mol. The molecule has 2 aliphatic rings. The van der Waals surface area contributed by atoms with Crippen LogP contribution in [0.15, 0.2) is 10.3 Å². The highest BCUT2D eigenvalue weighted by Crippen LogP contribution is 2.29. The van der Waals surface area contributed by atoms with E-state index in [1.165, 1.54) is 4.80 Å². The summed E-state index contributed by atoms with van der Waals surface area (Å²) in [6, 6.07) is 0. The largest absolute Gasteiger partial charge is 0.389 e. The van der Waals surface area contributed by atoms with Crippen LogP contribution in [0.2, 0.25) is 0 Å². The molecule has 0 bridgehead atoms. The van der Waals surface area contributed by atoms with Crippen molar-refractivity contribution in [1.29, 1.82) is 0 Å². The average Bonchev–Trinajstić information content (AvgIpc) is 3.42. The molecule has 33 heavy (non-hydrogen) atoms. The lowest BCUT2D eigenvalue weighted by Crippen LogP contribution is -2.20. The topological polar surface area (TPSA) is 122 Å². The molecule has 0 spiro atoms. The number of hydrogen-bond acceptors (Lipinski definition) is 10. The van der Waals surface area contributed by atoms with E-state index in [1.807, 2.05) is 48.6 Å². The third-order valence-corrected chi connectivity index (χ3v) is 7.05. The van der Waals surface area contributed by atoms with Crippen molar-refractivity contribution in [2.75, 3.05) is 0 Å². The molecule has 0 saturated carbocycles. The zero-order chi connectivity index (χ0) is 24.4. The zero-order valence-corrected chi connectivity index (χ0v) is 22.1. The minimum absolute atomic E-state index is 0.153. The van der Waals surface area contributed by atoms with Crippen LogP contribution in [-0.2, 0) is 46.1 Å². The Kier molecular flexibility index (Phi) is 7.62. The molecule has 182 valence electrons. The van der Waals surface area contributed by atoms with Gasteiger partial charge in [0.05, 0.1) is 39.3 Å². The molecule has 1 atom stereocenters. The smallest absolute Gasteiger partial charge is 0.148 e. The number of thioether (sulfide) groups is 1. The second-order valence-electron chi connectivity index (χ2n) is 9.25. The highest BCUT2D eigenvalue weighted by molar-refractivity contribution is 8.13. The van der Waals surface area contributed by atoms with Gasteiger partial charge in [-0.1, -0.05) is 10.3 Å². The molecule has 0 fully saturated rings. The number of rotatable bonds is 4. The Bertz CT molecular complexity index is 1090. The SMILES string of the molecule is Cc1nn(C)nc1CS(=O)C1=NOC(C)(C)C1.Cc1nn(C)nc1CSC1=NOC(C)(C)C1. The third kappa shape index (κ3) is 7.10. The van der Waals surface area contributed by atoms with Crippen LogP contribution in [0.25, 0.3) is 0 Å². The first-order chi connectivity index (χ1) is 15.3. The van der Waals surface area contributed by atoms with E-state index in [4.69, 9.17) is 9.68 Å². The van der Waals surface area contributed by atoms with Crippen LogP contribution in [0.5, 0.6) is 0 Å². The molecule has 0 N–H and O–H groups in total. The fraction of sp³-hybridized carbons (Fsp3) is 0.700. The Morgan fingerprint density at radius 2 is 1.42 bits per heavy atom. The Labute approximate surface area is 200 Å². The van der Waals surface area contributed by atoms with Gasteiger partial charge in [-0.2, -0.15) is 30.0 Å². The number of nitrogens with zero attached hydrogens (tertiary/aromatic N) is 8. The highest BCUT2D eigenvalue weighted by Gasteiger charge is 2.32. The first-order valence-corrected chi connectivity index (χ1v) is 12.9. The molecular formula is C20H32N8O3S2. The molecule has 0 saturated heterocycles. The highest BCUT2D eigenvalue weighted by atomic mass is 32.2. The third-order valence-electron chi connectivity index (χ3n) is 4.80. The predicted molar refractivity (Wildman–Crippen MR) is 129 cm³/mol. The summed E-state index contributed by atoms with van der Waals surface area (Å²) in [5.74, 6) is 1.15. The lowest BCUT2D eigenvalue weighted by Gasteiger charge is -2.12. The van der Waals surface area contributed by atoms with Gasteiger partial charge in [-0.15, -0.1) is 11.8 Å². The van der Waals surface area contributed by atoms with Crippen LogP contribution in [0.1, 0.15) is 63.3 Å². The Balaban J connectivity index is 0.000000186. The van der Waals surface area contributed by atoms with E-state index in [-0.39, 0.29) is 11.2 Å². The van der Waals surface area contributed by atoms with Gasteiger partial charge in [0, 0.05) is 32.7 Å². The van der Waals surface area contributed by atoms with Crippen LogP contribution < -0.4 is 0 Å². The van der Waals surface area contributed by atoms with Crippen molar-refractivity contribution in [3.8, 4) is 0 Å². The maximum Gasteiger partial charge on any atom is 0.148 e. The summed E-state index contributed by atoms with van der Waals surface area (Å²) in [4.78, 5) is 13.6. The molecule has 0 amide bonds. The Morgan fingerprint density at radius 1 is 0.879 bits per heavy atom. The monoisotopic (exact) mass is 496 g/mol. The number of aryl methyl sites for hydroxylation is 4. The van der Waals surface area contributed by atoms with Crippen molar-refractivity contribution in [3.63, 3.8) is 0 Å². The first-order valence-electron chi connectivity index (χ1n) is 10.6. The lowest BCUT2D eigenvalue weighted by molar-refractivity contribution is 0.0120. The molecule has 0 aliphatic carbocycles. The van der Waals surface area contributed by atoms with Gasteiger partial charge in [0.2, 0.25) is 0 Å². The van der Waals surface area contributed by atoms with Crippen LogP contribution in [0.3, 0.4) is 0 Å². The number of oxime groups is 2. The summed E-state index contributed by atoms with van der Waals surface area (Å²) < 4.78 is 12.1. The maximum absolute atomic E-state index is 12.1. The van der Waals surface area contributed by atoms with Gasteiger partial charge in [0.1, 0.15) is 21.3 Å². The van der Waals surface area contributed by atoms with Crippen LogP contribution in [0, 0.1) is 13.8 Å². The molecule has 1 unspecified atom stereocenters. The van der Waals surface area contributed by atoms with E-state index in [9.17, 15) is 4.21 Å². The van der Waals surface area contributed by atoms with Crippen LogP contribution in [0.4, 0.5) is 0 Å². The fourth-order valence-corrected chi connectivity index (χ4v) is 5.54. The summed E-state index contributed by atoms with van der Waals surface area (Å²) in [7, 11) is 2.40. The molecule has 13 heteroatoms. The van der Waals surface area contributed by atoms with Crippen molar-refractivity contribution in [1.82, 2.24) is 30.0 Å². The summed E-state index contributed by atoms with van der Waals surface area (Å²) in [5, 5.41) is 26.4. The molecule has 4 rings (SSSR count). The van der Waals surface area contributed by atoms with E-state index >= 15 is 0 Å². The molecule has 0 aromatic carbocycles. The molecule has 2 aliphatic heterocycles. The standard InChI is InChI=1S/C10H16N4O2S.C10H16N4OS/c1-7-8(12-14(4)11-7)6-17(15)9-5-10(2,3)16-13-9;1-7-8(12-14(4)11-7)6-16-9-5-10(2,3)15-13-9/h5-6H2,1-4H3;5-6H2,1-4H3. The minimum Gasteiger partial charge on any atom is -0.389 e. The molecule has 4 heterocycles. The Hall–Kier alpha value is -2.28. The zero-order valence-electron chi connectivity index (χ0n) is 20.4. The second kappa shape index (κ2) is 9.92. The number of aromatic nitrogens is 6. The summed E-state index contributed by atoms with van der Waals surface area (Å²) in [5.41, 5.74) is 3.05. The summed E-state index contributed by atoms with van der Waals surface area (Å²) >= 11 is 1.68. The quantitative estimate of drug-likeness (QED) is 0.633. The molecule has 2 aromatic rings. The normalized spacial score (nSPS) is 19.2. The van der Waals surface area contributed by atoms with Gasteiger partial charge >= 0.3 is 0 Å². The van der Waals surface area contributed by atoms with Crippen molar-refractivity contribution in [2.45, 2.75) is 77.1 Å². The predicted octanol–water partition coefficient (Wildman–Crippen LogP) is 2.75. The van der Waals surface area contributed by atoms with Crippen molar-refractivity contribution < 1.29 is 13.9 Å². The molecule has 11 nitrogen and oxygen atoms in total. The van der Waals surface area contributed by atoms with E-state index < -0.39 is 10.8 Å². The lowest BCUT2D eigenvalue weighted by atomic mass is 10.1. The van der Waals surface area contributed by atoms with Gasteiger partial charge in [0.15, 0.2) is 0 Å². The van der Waals surface area contributed by atoms with E-state index in [0.29, 0.717) is 17.2 Å². The minimum atomic E-state index is -1.18. The van der Waals surface area contributed by atoms with Gasteiger partial charge in [-0.05, 0) is 41.5 Å². The van der Waals surface area contributed by atoms with Crippen molar-refractivity contribution in [2.24, 2.45) is 24.4 Å². The van der Waals surface area contributed by atoms with E-state index in [2.05, 4.69) is 30.7 Å². The fourth-order valence-electron chi connectivity index (χ4n) is 3.12. The summed E-state index contributed by atoms with van der Waals surface area (Å²) in [6.45, 7) is 11.8. The number of hydrogen-bond donors (Lipinski definition) is 0. The van der Waals surface area contributed by atoms with Crippen LogP contribution >= 0.6 is 11.8 Å². The summed E-state index contributed by atoms with van der Waals surface area (Å²) in [6.07, 6.45) is 1.47. The van der Waals surface area contributed by atoms with E-state index in [1.54, 1.807) is 23.6 Å². The van der Waals surface area contributed by atoms with Crippen molar-refractivity contribution in [3.05, 3.63) is 22.8 Å². The van der Waals surface area contributed by atoms with Gasteiger partial charge < -0.3 is 9.68 Å². The molecule has 2 aromatic heterocycles. The van der Waals surface area contributed by atoms with Gasteiger partial charge in [-0.25, -0.2) is 0 Å². The van der Waals surface area contributed by atoms with Crippen LogP contribution in [-0.4, -0.2) is 55.5 Å². The van der Waals surface area contributed by atoms with E-state index in [0.717, 1.165) is 40.0 Å². The second-order valence-corrected chi connectivity index (χ2v) is 11.7. The molecular weight excluding hydrogens is 464 g/mol. The van der Waals surface area contributed by atoms with Gasteiger partial charge in [-0.3, -0.25) is 4.21 Å².